The minimum absolute atomic E-state index is 0.259. The first-order valence-corrected chi connectivity index (χ1v) is 7.97. The van der Waals surface area contributed by atoms with Crippen molar-refractivity contribution in [3.05, 3.63) is 71.5 Å². The molecule has 0 atom stereocenters. The molecular formula is C19H23FN2O. The molecule has 3 nitrogen and oxygen atoms in total. The van der Waals surface area contributed by atoms with Gasteiger partial charge in [-0.1, -0.05) is 61.9 Å². The van der Waals surface area contributed by atoms with Crippen LogP contribution in [0.2, 0.25) is 0 Å². The Morgan fingerprint density at radius 3 is 2.57 bits per heavy atom. The number of ether oxygens (including phenoxy) is 1. The molecule has 122 valence electrons. The molecule has 0 aromatic heterocycles. The molecule has 0 saturated heterocycles. The van der Waals surface area contributed by atoms with Gasteiger partial charge in [-0.15, -0.1) is 0 Å². The van der Waals surface area contributed by atoms with Crippen molar-refractivity contribution in [1.82, 2.24) is 5.43 Å². The highest BCUT2D eigenvalue weighted by atomic mass is 19.1. The molecule has 2 aromatic carbocycles. The Labute approximate surface area is 137 Å². The van der Waals surface area contributed by atoms with E-state index in [1.54, 1.807) is 18.2 Å². The molecule has 2 aromatic rings. The molecule has 0 fully saturated rings. The van der Waals surface area contributed by atoms with Crippen molar-refractivity contribution in [3.63, 3.8) is 0 Å². The van der Waals surface area contributed by atoms with E-state index in [-0.39, 0.29) is 12.4 Å². The van der Waals surface area contributed by atoms with Crippen LogP contribution in [0.4, 0.5) is 4.39 Å². The van der Waals surface area contributed by atoms with Gasteiger partial charge in [0.05, 0.1) is 18.9 Å². The zero-order valence-electron chi connectivity index (χ0n) is 13.5. The van der Waals surface area contributed by atoms with E-state index in [1.165, 1.54) is 6.07 Å². The largest absolute Gasteiger partial charge is 0.370 e. The number of benzene rings is 2. The van der Waals surface area contributed by atoms with Gasteiger partial charge in [0.2, 0.25) is 0 Å². The lowest BCUT2D eigenvalue weighted by molar-refractivity contribution is 0.158. The van der Waals surface area contributed by atoms with E-state index < -0.39 is 0 Å². The maximum Gasteiger partial charge on any atom is 0.132 e. The topological polar surface area (TPSA) is 33.6 Å². The van der Waals surface area contributed by atoms with Crippen molar-refractivity contribution in [1.29, 1.82) is 0 Å². The fourth-order valence-electron chi connectivity index (χ4n) is 2.11. The zero-order chi connectivity index (χ0) is 16.3. The molecule has 0 aliphatic rings. The number of hydrogen-bond acceptors (Lipinski definition) is 3. The summed E-state index contributed by atoms with van der Waals surface area (Å²) < 4.78 is 19.7. The summed E-state index contributed by atoms with van der Waals surface area (Å²) >= 11 is 0. The molecule has 0 aliphatic heterocycles. The van der Waals surface area contributed by atoms with Crippen molar-refractivity contribution in [2.45, 2.75) is 26.4 Å². The Bertz CT molecular complexity index is 614. The van der Waals surface area contributed by atoms with Crippen molar-refractivity contribution in [3.8, 4) is 0 Å². The average Bonchev–Trinajstić information content (AvgIpc) is 2.59. The van der Waals surface area contributed by atoms with E-state index in [9.17, 15) is 4.39 Å². The smallest absolute Gasteiger partial charge is 0.132 e. The number of unbranched alkanes of at least 4 members (excludes halogenated alkanes) is 1. The summed E-state index contributed by atoms with van der Waals surface area (Å²) in [4.78, 5) is 0. The standard InChI is InChI=1S/C19H23FN2O/c1-2-3-13-21-22-19(17-11-7-8-12-18(17)20)15-23-14-16-9-5-4-6-10-16/h4-12,21H,2-3,13-15H2,1H3/b22-19+. The molecule has 0 amide bonds. The minimum Gasteiger partial charge on any atom is -0.370 e. The normalized spacial score (nSPS) is 11.5. The lowest BCUT2D eigenvalue weighted by Crippen LogP contribution is -2.18. The molecule has 0 bridgehead atoms. The Morgan fingerprint density at radius 1 is 1.09 bits per heavy atom. The number of halogens is 1. The predicted octanol–water partition coefficient (Wildman–Crippen LogP) is 4.14. The van der Waals surface area contributed by atoms with Crippen LogP contribution < -0.4 is 5.43 Å². The van der Waals surface area contributed by atoms with Crippen molar-refractivity contribution < 1.29 is 9.13 Å². The van der Waals surface area contributed by atoms with Gasteiger partial charge < -0.3 is 10.2 Å². The van der Waals surface area contributed by atoms with Crippen LogP contribution in [0.25, 0.3) is 0 Å². The van der Waals surface area contributed by atoms with E-state index in [4.69, 9.17) is 4.74 Å². The molecule has 1 N–H and O–H groups in total. The third-order valence-corrected chi connectivity index (χ3v) is 3.39. The van der Waals surface area contributed by atoms with Crippen LogP contribution >= 0.6 is 0 Å². The fraction of sp³-hybridized carbons (Fsp3) is 0.316. The van der Waals surface area contributed by atoms with Crippen LogP contribution in [-0.4, -0.2) is 18.9 Å². The van der Waals surface area contributed by atoms with Crippen LogP contribution in [0.1, 0.15) is 30.9 Å². The maximum atomic E-state index is 14.0. The first-order chi connectivity index (χ1) is 11.3. The second-order valence-electron chi connectivity index (χ2n) is 5.28. The summed E-state index contributed by atoms with van der Waals surface area (Å²) in [5, 5.41) is 4.33. The summed E-state index contributed by atoms with van der Waals surface area (Å²) in [5.74, 6) is -0.285. The first kappa shape index (κ1) is 17.2. The highest BCUT2D eigenvalue weighted by Gasteiger charge is 2.09. The SMILES string of the molecule is CCCCN/N=C(\COCc1ccccc1)c1ccccc1F. The van der Waals surface area contributed by atoms with E-state index in [0.717, 1.165) is 24.9 Å². The number of hydrazone groups is 1. The number of rotatable bonds is 9. The van der Waals surface area contributed by atoms with Crippen molar-refractivity contribution in [2.24, 2.45) is 5.10 Å². The van der Waals surface area contributed by atoms with Crippen LogP contribution in [0, 0.1) is 5.82 Å². The summed E-state index contributed by atoms with van der Waals surface area (Å²) in [6, 6.07) is 16.5. The lowest BCUT2D eigenvalue weighted by Gasteiger charge is -2.10. The molecule has 4 heteroatoms. The van der Waals surface area contributed by atoms with Crippen LogP contribution in [0.5, 0.6) is 0 Å². The van der Waals surface area contributed by atoms with Gasteiger partial charge in [-0.3, -0.25) is 0 Å². The van der Waals surface area contributed by atoms with Crippen LogP contribution in [-0.2, 0) is 11.3 Å². The van der Waals surface area contributed by atoms with Gasteiger partial charge in [0.25, 0.3) is 0 Å². The second-order valence-corrected chi connectivity index (χ2v) is 5.28. The monoisotopic (exact) mass is 314 g/mol. The third kappa shape index (κ3) is 5.83. The Hall–Kier alpha value is -2.20. The highest BCUT2D eigenvalue weighted by Crippen LogP contribution is 2.09. The van der Waals surface area contributed by atoms with Crippen molar-refractivity contribution in [2.75, 3.05) is 13.2 Å². The quantitative estimate of drug-likeness (QED) is 0.429. The molecule has 0 unspecified atom stereocenters. The first-order valence-electron chi connectivity index (χ1n) is 7.97. The number of nitrogens with zero attached hydrogens (tertiary/aromatic N) is 1. The van der Waals surface area contributed by atoms with Gasteiger partial charge >= 0.3 is 0 Å². The molecule has 2 rings (SSSR count). The number of nitrogens with one attached hydrogen (secondary N) is 1. The van der Waals surface area contributed by atoms with E-state index in [0.29, 0.717) is 17.9 Å². The van der Waals surface area contributed by atoms with E-state index in [1.807, 2.05) is 30.3 Å². The summed E-state index contributed by atoms with van der Waals surface area (Å²) in [5.41, 5.74) is 5.14. The summed E-state index contributed by atoms with van der Waals surface area (Å²) in [7, 11) is 0. The average molecular weight is 314 g/mol. The molecule has 0 heterocycles. The molecule has 0 spiro atoms. The molecule has 0 saturated carbocycles. The zero-order valence-corrected chi connectivity index (χ0v) is 13.5. The highest BCUT2D eigenvalue weighted by molar-refractivity contribution is 6.01. The van der Waals surface area contributed by atoms with Gasteiger partial charge in [0, 0.05) is 12.1 Å². The second kappa shape index (κ2) is 9.74. The predicted molar refractivity (Wildman–Crippen MR) is 91.9 cm³/mol. The Morgan fingerprint density at radius 2 is 1.83 bits per heavy atom. The Kier molecular flexibility index (Phi) is 7.27. The summed E-state index contributed by atoms with van der Waals surface area (Å²) in [6.07, 6.45) is 2.11. The molecular weight excluding hydrogens is 291 g/mol. The van der Waals surface area contributed by atoms with Gasteiger partial charge in [-0.25, -0.2) is 4.39 Å². The Balaban J connectivity index is 2.00. The fourth-order valence-corrected chi connectivity index (χ4v) is 2.11. The van der Waals surface area contributed by atoms with Gasteiger partial charge in [0.1, 0.15) is 5.82 Å². The lowest BCUT2D eigenvalue weighted by atomic mass is 10.1. The third-order valence-electron chi connectivity index (χ3n) is 3.39. The van der Waals surface area contributed by atoms with E-state index in [2.05, 4.69) is 17.5 Å². The van der Waals surface area contributed by atoms with Crippen LogP contribution in [0.3, 0.4) is 0 Å². The number of hydrogen-bond donors (Lipinski definition) is 1. The maximum absolute atomic E-state index is 14.0. The summed E-state index contributed by atoms with van der Waals surface area (Å²) in [6.45, 7) is 3.62. The molecule has 23 heavy (non-hydrogen) atoms. The van der Waals surface area contributed by atoms with E-state index >= 15 is 0 Å². The molecule has 0 aliphatic carbocycles. The van der Waals surface area contributed by atoms with Gasteiger partial charge in [-0.2, -0.15) is 5.10 Å². The van der Waals surface area contributed by atoms with Gasteiger partial charge in [0.15, 0.2) is 0 Å². The minimum atomic E-state index is -0.285. The van der Waals surface area contributed by atoms with Crippen molar-refractivity contribution >= 4 is 5.71 Å². The van der Waals surface area contributed by atoms with Gasteiger partial charge in [-0.05, 0) is 18.1 Å². The van der Waals surface area contributed by atoms with Crippen LogP contribution in [0.15, 0.2) is 59.7 Å². The molecule has 0 radical (unpaired) electrons.